The summed E-state index contributed by atoms with van der Waals surface area (Å²) in [5.41, 5.74) is 1.28. The number of carbonyl (C=O) groups is 2. The summed E-state index contributed by atoms with van der Waals surface area (Å²) in [4.78, 5) is 36.5. The normalized spacial score (nSPS) is 11.8. The van der Waals surface area contributed by atoms with Gasteiger partial charge in [0, 0.05) is 6.04 Å². The fourth-order valence-corrected chi connectivity index (χ4v) is 2.92. The Kier molecular flexibility index (Phi) is 6.67. The summed E-state index contributed by atoms with van der Waals surface area (Å²) in [5, 5.41) is 13.4. The predicted octanol–water partition coefficient (Wildman–Crippen LogP) is 1.05. The van der Waals surface area contributed by atoms with Crippen molar-refractivity contribution in [2.24, 2.45) is 0 Å². The molecule has 1 atom stereocenters. The van der Waals surface area contributed by atoms with Crippen LogP contribution in [0.2, 0.25) is 0 Å². The van der Waals surface area contributed by atoms with Crippen molar-refractivity contribution in [2.45, 2.75) is 32.4 Å². The summed E-state index contributed by atoms with van der Waals surface area (Å²) >= 11 is 0. The number of aromatic nitrogens is 3. The van der Waals surface area contributed by atoms with Gasteiger partial charge in [-0.2, -0.15) is 0 Å². The molecule has 1 unspecified atom stereocenters. The number of fused-ring (bicyclic) bond motifs is 1. The molecule has 1 heterocycles. The van der Waals surface area contributed by atoms with E-state index >= 15 is 0 Å². The van der Waals surface area contributed by atoms with E-state index in [2.05, 4.69) is 20.9 Å². The topological polar surface area (TPSA) is 106 Å². The first-order valence-corrected chi connectivity index (χ1v) is 9.45. The SMILES string of the molecule is CC(CCc1ccccc1)NC(=O)CNC(=O)Cn1nnc2ccccc2c1=O. The van der Waals surface area contributed by atoms with Crippen LogP contribution in [0.1, 0.15) is 18.9 Å². The Balaban J connectivity index is 1.45. The van der Waals surface area contributed by atoms with Crippen molar-refractivity contribution in [2.75, 3.05) is 6.54 Å². The number of rotatable bonds is 8. The summed E-state index contributed by atoms with van der Waals surface area (Å²) in [6.45, 7) is 1.46. The minimum Gasteiger partial charge on any atom is -0.352 e. The number of carbonyl (C=O) groups excluding carboxylic acids is 2. The minimum absolute atomic E-state index is 0.0198. The molecule has 150 valence electrons. The highest BCUT2D eigenvalue weighted by Gasteiger charge is 2.12. The molecule has 2 amide bonds. The quantitative estimate of drug-likeness (QED) is 0.595. The van der Waals surface area contributed by atoms with E-state index in [4.69, 9.17) is 0 Å². The molecular weight excluding hydrogens is 370 g/mol. The average Bonchev–Trinajstić information content (AvgIpc) is 2.74. The molecular formula is C21H23N5O3. The van der Waals surface area contributed by atoms with Gasteiger partial charge in [0.2, 0.25) is 11.8 Å². The number of amides is 2. The first-order valence-electron chi connectivity index (χ1n) is 9.45. The van der Waals surface area contributed by atoms with E-state index in [9.17, 15) is 14.4 Å². The maximum Gasteiger partial charge on any atom is 0.278 e. The van der Waals surface area contributed by atoms with Crippen LogP contribution in [-0.2, 0) is 22.6 Å². The van der Waals surface area contributed by atoms with Gasteiger partial charge in [0.15, 0.2) is 0 Å². The van der Waals surface area contributed by atoms with Gasteiger partial charge in [0.1, 0.15) is 12.1 Å². The Bertz CT molecular complexity index is 1050. The molecule has 8 nitrogen and oxygen atoms in total. The molecule has 29 heavy (non-hydrogen) atoms. The van der Waals surface area contributed by atoms with E-state index in [1.807, 2.05) is 37.3 Å². The molecule has 0 saturated heterocycles. The predicted molar refractivity (Wildman–Crippen MR) is 109 cm³/mol. The van der Waals surface area contributed by atoms with Crippen LogP contribution in [0.3, 0.4) is 0 Å². The van der Waals surface area contributed by atoms with Crippen LogP contribution >= 0.6 is 0 Å². The van der Waals surface area contributed by atoms with Crippen molar-refractivity contribution in [1.29, 1.82) is 0 Å². The molecule has 0 radical (unpaired) electrons. The van der Waals surface area contributed by atoms with Crippen LogP contribution in [0.5, 0.6) is 0 Å². The van der Waals surface area contributed by atoms with E-state index < -0.39 is 11.5 Å². The van der Waals surface area contributed by atoms with Gasteiger partial charge < -0.3 is 10.6 Å². The molecule has 3 aromatic rings. The molecule has 3 rings (SSSR count). The summed E-state index contributed by atoms with van der Waals surface area (Å²) < 4.78 is 0.984. The molecule has 0 fully saturated rings. The number of nitrogens with one attached hydrogen (secondary N) is 2. The molecule has 8 heteroatoms. The van der Waals surface area contributed by atoms with Crippen molar-refractivity contribution >= 4 is 22.7 Å². The third-order valence-electron chi connectivity index (χ3n) is 4.49. The zero-order valence-corrected chi connectivity index (χ0v) is 16.2. The number of nitrogens with zero attached hydrogens (tertiary/aromatic N) is 3. The number of hydrogen-bond acceptors (Lipinski definition) is 5. The summed E-state index contributed by atoms with van der Waals surface area (Å²) in [6, 6.07) is 16.8. The summed E-state index contributed by atoms with van der Waals surface area (Å²) in [6.07, 6.45) is 1.66. The van der Waals surface area contributed by atoms with Crippen LogP contribution in [0.15, 0.2) is 59.4 Å². The van der Waals surface area contributed by atoms with Crippen molar-refractivity contribution in [3.8, 4) is 0 Å². The second-order valence-electron chi connectivity index (χ2n) is 6.84. The van der Waals surface area contributed by atoms with Gasteiger partial charge in [-0.25, -0.2) is 4.68 Å². The van der Waals surface area contributed by atoms with E-state index in [0.717, 1.165) is 17.5 Å². The van der Waals surface area contributed by atoms with Gasteiger partial charge >= 0.3 is 0 Å². The highest BCUT2D eigenvalue weighted by atomic mass is 16.2. The van der Waals surface area contributed by atoms with E-state index in [1.165, 1.54) is 5.56 Å². The second kappa shape index (κ2) is 9.59. The molecule has 2 aromatic carbocycles. The fourth-order valence-electron chi connectivity index (χ4n) is 2.92. The third-order valence-corrected chi connectivity index (χ3v) is 4.49. The van der Waals surface area contributed by atoms with E-state index in [1.54, 1.807) is 24.3 Å². The molecule has 0 aliphatic heterocycles. The standard InChI is InChI=1S/C21H23N5O3/c1-15(11-12-16-7-3-2-4-8-16)23-19(27)13-22-20(28)14-26-21(29)17-9-5-6-10-18(17)24-25-26/h2-10,15H,11-14H2,1H3,(H,22,28)(H,23,27). The van der Waals surface area contributed by atoms with Gasteiger partial charge in [-0.15, -0.1) is 5.10 Å². The Morgan fingerprint density at radius 1 is 1.03 bits per heavy atom. The summed E-state index contributed by atoms with van der Waals surface area (Å²) in [7, 11) is 0. The molecule has 0 saturated carbocycles. The molecule has 1 aromatic heterocycles. The number of benzene rings is 2. The smallest absolute Gasteiger partial charge is 0.278 e. The lowest BCUT2D eigenvalue weighted by Gasteiger charge is -2.14. The van der Waals surface area contributed by atoms with E-state index in [0.29, 0.717) is 10.9 Å². The highest BCUT2D eigenvalue weighted by Crippen LogP contribution is 2.05. The van der Waals surface area contributed by atoms with Crippen LogP contribution in [-0.4, -0.2) is 39.4 Å². The largest absolute Gasteiger partial charge is 0.352 e. The minimum atomic E-state index is -0.483. The number of aryl methyl sites for hydroxylation is 1. The van der Waals surface area contributed by atoms with Crippen LogP contribution < -0.4 is 16.2 Å². The average molecular weight is 393 g/mol. The number of hydrogen-bond donors (Lipinski definition) is 2. The van der Waals surface area contributed by atoms with Crippen molar-refractivity contribution in [3.63, 3.8) is 0 Å². The zero-order chi connectivity index (χ0) is 20.6. The van der Waals surface area contributed by atoms with Crippen LogP contribution in [0.4, 0.5) is 0 Å². The molecule has 2 N–H and O–H groups in total. The van der Waals surface area contributed by atoms with Crippen LogP contribution in [0, 0.1) is 0 Å². The lowest BCUT2D eigenvalue weighted by atomic mass is 10.1. The van der Waals surface area contributed by atoms with Gasteiger partial charge in [0.25, 0.3) is 5.56 Å². The monoisotopic (exact) mass is 393 g/mol. The Morgan fingerprint density at radius 2 is 1.76 bits per heavy atom. The van der Waals surface area contributed by atoms with Crippen LogP contribution in [0.25, 0.3) is 10.9 Å². The first-order chi connectivity index (χ1) is 14.0. The maximum atomic E-state index is 12.3. The first kappa shape index (κ1) is 20.2. The molecule has 0 aliphatic rings. The highest BCUT2D eigenvalue weighted by molar-refractivity contribution is 5.84. The van der Waals surface area contributed by atoms with Crippen molar-refractivity contribution in [1.82, 2.24) is 25.6 Å². The molecule has 0 aliphatic carbocycles. The van der Waals surface area contributed by atoms with Crippen molar-refractivity contribution < 1.29 is 9.59 Å². The van der Waals surface area contributed by atoms with Crippen molar-refractivity contribution in [3.05, 3.63) is 70.5 Å². The molecule has 0 bridgehead atoms. The zero-order valence-electron chi connectivity index (χ0n) is 16.2. The van der Waals surface area contributed by atoms with Gasteiger partial charge in [0.05, 0.1) is 11.9 Å². The Labute approximate surface area is 167 Å². The second-order valence-corrected chi connectivity index (χ2v) is 6.84. The third kappa shape index (κ3) is 5.71. The molecule has 0 spiro atoms. The summed E-state index contributed by atoms with van der Waals surface area (Å²) in [5.74, 6) is -0.764. The lowest BCUT2D eigenvalue weighted by Crippen LogP contribution is -2.42. The Morgan fingerprint density at radius 3 is 2.55 bits per heavy atom. The van der Waals surface area contributed by atoms with Gasteiger partial charge in [-0.1, -0.05) is 47.7 Å². The van der Waals surface area contributed by atoms with E-state index in [-0.39, 0.29) is 25.0 Å². The fraction of sp³-hybridized carbons (Fsp3) is 0.286. The van der Waals surface area contributed by atoms with Gasteiger partial charge in [-0.05, 0) is 37.5 Å². The lowest BCUT2D eigenvalue weighted by molar-refractivity contribution is -0.126. The Hall–Kier alpha value is -3.55. The van der Waals surface area contributed by atoms with Gasteiger partial charge in [-0.3, -0.25) is 14.4 Å². The maximum absolute atomic E-state index is 12.3.